The molecule has 0 aromatic heterocycles. The number of carbonyl (C=O) groups is 2. The van der Waals surface area contributed by atoms with Crippen LogP contribution in [0.3, 0.4) is 0 Å². The van der Waals surface area contributed by atoms with E-state index in [0.717, 1.165) is 6.42 Å². The van der Waals surface area contributed by atoms with Crippen molar-refractivity contribution in [1.29, 1.82) is 0 Å². The molecule has 0 fully saturated rings. The highest BCUT2D eigenvalue weighted by Crippen LogP contribution is 2.11. The van der Waals surface area contributed by atoms with Crippen LogP contribution in [0.4, 0.5) is 0 Å². The predicted molar refractivity (Wildman–Crippen MR) is 118 cm³/mol. The summed E-state index contributed by atoms with van der Waals surface area (Å²) in [7, 11) is 0. The molecule has 0 saturated carbocycles. The summed E-state index contributed by atoms with van der Waals surface area (Å²) in [6, 6.07) is 0. The third-order valence-corrected chi connectivity index (χ3v) is 5.51. The van der Waals surface area contributed by atoms with Crippen molar-refractivity contribution in [3.05, 3.63) is 0 Å². The smallest absolute Gasteiger partial charge is 0.178 e. The summed E-state index contributed by atoms with van der Waals surface area (Å²) < 4.78 is 21.7. The Morgan fingerprint density at radius 3 is 1.63 bits per heavy atom. The Morgan fingerprint density at radius 2 is 1.17 bits per heavy atom. The van der Waals surface area contributed by atoms with Crippen LogP contribution in [0, 0.1) is 0 Å². The second-order valence-electron chi connectivity index (χ2n) is 7.68. The molecular weight excluding hydrogens is 388 g/mol. The molecule has 0 radical (unpaired) electrons. The molecule has 0 aromatic rings. The second kappa shape index (κ2) is 16.8. The Kier molecular flexibility index (Phi) is 16.2. The number of carbonyl (C=O) groups excluding carboxylic acids is 2. The van der Waals surface area contributed by atoms with Crippen molar-refractivity contribution < 1.29 is 28.5 Å². The van der Waals surface area contributed by atoms with Crippen LogP contribution in [0.5, 0.6) is 0 Å². The average molecular weight is 433 g/mol. The van der Waals surface area contributed by atoms with E-state index in [0.29, 0.717) is 65.8 Å². The highest BCUT2D eigenvalue weighted by Gasteiger charge is 2.30. The minimum atomic E-state index is -0.634. The zero-order valence-corrected chi connectivity index (χ0v) is 19.9. The van der Waals surface area contributed by atoms with Gasteiger partial charge in [-0.1, -0.05) is 13.8 Å². The van der Waals surface area contributed by atoms with Crippen molar-refractivity contribution in [3.8, 4) is 0 Å². The number of rotatable bonds is 21. The van der Waals surface area contributed by atoms with Gasteiger partial charge in [-0.25, -0.2) is 0 Å². The first kappa shape index (κ1) is 29.1. The van der Waals surface area contributed by atoms with Gasteiger partial charge in [0.1, 0.15) is 12.4 Å². The lowest BCUT2D eigenvalue weighted by Gasteiger charge is -2.28. The van der Waals surface area contributed by atoms with E-state index in [1.165, 1.54) is 0 Å². The first-order valence-electron chi connectivity index (χ1n) is 11.1. The number of hydrogen-bond acceptors (Lipinski definition) is 8. The minimum Gasteiger partial charge on any atom is -0.379 e. The van der Waals surface area contributed by atoms with Gasteiger partial charge in [0.2, 0.25) is 0 Å². The fourth-order valence-electron chi connectivity index (χ4n) is 2.63. The first-order valence-corrected chi connectivity index (χ1v) is 11.1. The molecule has 8 nitrogen and oxygen atoms in total. The monoisotopic (exact) mass is 432 g/mol. The fourth-order valence-corrected chi connectivity index (χ4v) is 2.63. The summed E-state index contributed by atoms with van der Waals surface area (Å²) in [6.07, 6.45) is 1.40. The summed E-state index contributed by atoms with van der Waals surface area (Å²) in [5, 5.41) is 6.50. The molecule has 0 bridgehead atoms. The van der Waals surface area contributed by atoms with E-state index < -0.39 is 11.1 Å². The Morgan fingerprint density at radius 1 is 0.700 bits per heavy atom. The lowest BCUT2D eigenvalue weighted by atomic mass is 9.93. The van der Waals surface area contributed by atoms with E-state index in [9.17, 15) is 9.59 Å². The van der Waals surface area contributed by atoms with Crippen LogP contribution in [0.1, 0.15) is 54.4 Å². The number of Topliss-reactive ketones (excluding diaryl/α,β-unsaturated/α-hetero) is 2. The molecule has 0 spiro atoms. The molecule has 0 rings (SSSR count). The molecule has 0 heterocycles. The van der Waals surface area contributed by atoms with Crippen LogP contribution in [0.15, 0.2) is 0 Å². The summed E-state index contributed by atoms with van der Waals surface area (Å²) in [6.45, 7) is 16.1. The van der Waals surface area contributed by atoms with E-state index in [1.807, 2.05) is 34.6 Å². The molecule has 0 saturated heterocycles. The Hall–Kier alpha value is -0.900. The van der Waals surface area contributed by atoms with Crippen LogP contribution in [0.2, 0.25) is 0 Å². The number of ketones is 2. The molecule has 0 aliphatic heterocycles. The zero-order chi connectivity index (χ0) is 22.9. The lowest BCUT2D eigenvalue weighted by molar-refractivity contribution is -0.130. The molecular formula is C22H44N2O6. The maximum absolute atomic E-state index is 12.5. The van der Waals surface area contributed by atoms with E-state index in [1.54, 1.807) is 6.92 Å². The minimum absolute atomic E-state index is 0.0150. The van der Waals surface area contributed by atoms with Gasteiger partial charge in [-0.05, 0) is 40.5 Å². The molecule has 2 atom stereocenters. The molecule has 30 heavy (non-hydrogen) atoms. The average Bonchev–Trinajstić information content (AvgIpc) is 2.74. The predicted octanol–water partition coefficient (Wildman–Crippen LogP) is 1.75. The van der Waals surface area contributed by atoms with Gasteiger partial charge in [0.15, 0.2) is 5.78 Å². The first-order chi connectivity index (χ1) is 14.3. The number of nitrogens with one attached hydrogen (secondary N) is 2. The van der Waals surface area contributed by atoms with Crippen molar-refractivity contribution in [1.82, 2.24) is 10.6 Å². The van der Waals surface area contributed by atoms with Crippen molar-refractivity contribution in [2.75, 3.05) is 65.9 Å². The van der Waals surface area contributed by atoms with Crippen molar-refractivity contribution in [2.45, 2.75) is 65.5 Å². The van der Waals surface area contributed by atoms with Crippen LogP contribution in [-0.4, -0.2) is 88.6 Å². The maximum atomic E-state index is 12.5. The van der Waals surface area contributed by atoms with Crippen molar-refractivity contribution >= 4 is 11.6 Å². The SMILES string of the molecule is CCOCCOCCNC(C)(CC)C(=O)COCCOCCNC(C)(CC)C(C)=O. The highest BCUT2D eigenvalue weighted by atomic mass is 16.5. The topological polar surface area (TPSA) is 95.1 Å². The Labute approximate surface area is 182 Å². The maximum Gasteiger partial charge on any atom is 0.178 e. The van der Waals surface area contributed by atoms with Gasteiger partial charge in [-0.15, -0.1) is 0 Å². The third kappa shape index (κ3) is 12.1. The largest absolute Gasteiger partial charge is 0.379 e. The lowest BCUT2D eigenvalue weighted by Crippen LogP contribution is -2.51. The fraction of sp³-hybridized carbons (Fsp3) is 0.909. The molecule has 0 aliphatic carbocycles. The van der Waals surface area contributed by atoms with Crippen LogP contribution in [0.25, 0.3) is 0 Å². The highest BCUT2D eigenvalue weighted by molar-refractivity contribution is 5.89. The van der Waals surface area contributed by atoms with Gasteiger partial charge >= 0.3 is 0 Å². The molecule has 2 N–H and O–H groups in total. The van der Waals surface area contributed by atoms with Gasteiger partial charge in [-0.2, -0.15) is 0 Å². The molecule has 8 heteroatoms. The van der Waals surface area contributed by atoms with E-state index in [2.05, 4.69) is 10.6 Å². The standard InChI is InChI=1S/C22H44N2O6/c1-7-21(5,19(4)25)23-10-12-29-16-17-30-18-20(26)22(6,8-2)24-11-13-28-15-14-27-9-3/h23-24H,7-18H2,1-6H3. The van der Waals surface area contributed by atoms with Crippen LogP contribution < -0.4 is 10.6 Å². The van der Waals surface area contributed by atoms with Gasteiger partial charge < -0.3 is 29.6 Å². The van der Waals surface area contributed by atoms with Crippen LogP contribution in [-0.2, 0) is 28.5 Å². The van der Waals surface area contributed by atoms with Gasteiger partial charge in [0, 0.05) is 19.7 Å². The zero-order valence-electron chi connectivity index (χ0n) is 19.9. The third-order valence-electron chi connectivity index (χ3n) is 5.51. The quantitative estimate of drug-likeness (QED) is 0.265. The normalized spacial score (nSPS) is 15.5. The molecule has 0 aromatic carbocycles. The molecule has 2 unspecified atom stereocenters. The van der Waals surface area contributed by atoms with E-state index in [-0.39, 0.29) is 18.2 Å². The van der Waals surface area contributed by atoms with Gasteiger partial charge in [0.25, 0.3) is 0 Å². The Balaban J connectivity index is 3.89. The summed E-state index contributed by atoms with van der Waals surface area (Å²) in [5.41, 5.74) is -1.14. The molecule has 0 amide bonds. The second-order valence-corrected chi connectivity index (χ2v) is 7.68. The van der Waals surface area contributed by atoms with E-state index >= 15 is 0 Å². The summed E-state index contributed by atoms with van der Waals surface area (Å²) in [4.78, 5) is 24.1. The number of hydrogen-bond donors (Lipinski definition) is 2. The van der Waals surface area contributed by atoms with E-state index in [4.69, 9.17) is 18.9 Å². The number of ether oxygens (including phenoxy) is 4. The van der Waals surface area contributed by atoms with Crippen molar-refractivity contribution in [2.24, 2.45) is 0 Å². The van der Waals surface area contributed by atoms with Crippen molar-refractivity contribution in [3.63, 3.8) is 0 Å². The van der Waals surface area contributed by atoms with Gasteiger partial charge in [0.05, 0.1) is 50.7 Å². The Bertz CT molecular complexity index is 477. The molecule has 178 valence electrons. The van der Waals surface area contributed by atoms with Crippen LogP contribution >= 0.6 is 0 Å². The summed E-state index contributed by atoms with van der Waals surface area (Å²) >= 11 is 0. The summed E-state index contributed by atoms with van der Waals surface area (Å²) in [5.74, 6) is 0.137. The molecule has 0 aliphatic rings. The van der Waals surface area contributed by atoms with Gasteiger partial charge in [-0.3, -0.25) is 9.59 Å².